The molecule has 19 heavy (non-hydrogen) atoms. The van der Waals surface area contributed by atoms with Crippen LogP contribution in [0.15, 0.2) is 0 Å². The molecular formula is C13H23NO5. The van der Waals surface area contributed by atoms with Crippen LogP contribution < -0.4 is 0 Å². The standard InChI is InChI=1S/C13H23NO5/c1-13(2,19-3)5-7-14-6-4-9(11(15)16)10(8-14)12(17)18/h9-10H,4-8H2,1-3H3,(H,15,16)(H,17,18). The predicted molar refractivity (Wildman–Crippen MR) is 69.0 cm³/mol. The van der Waals surface area contributed by atoms with Crippen LogP contribution in [0, 0.1) is 11.8 Å². The van der Waals surface area contributed by atoms with Crippen molar-refractivity contribution in [1.82, 2.24) is 4.90 Å². The molecule has 0 spiro atoms. The zero-order chi connectivity index (χ0) is 14.6. The molecule has 2 atom stereocenters. The van der Waals surface area contributed by atoms with Gasteiger partial charge in [0.2, 0.25) is 0 Å². The Morgan fingerprint density at radius 3 is 2.32 bits per heavy atom. The third-order valence-corrected chi connectivity index (χ3v) is 3.91. The first-order valence-electron chi connectivity index (χ1n) is 6.50. The van der Waals surface area contributed by atoms with Crippen LogP contribution in [0.5, 0.6) is 0 Å². The third kappa shape index (κ3) is 4.47. The molecule has 1 aliphatic heterocycles. The highest BCUT2D eigenvalue weighted by molar-refractivity contribution is 5.80. The molecule has 0 aromatic carbocycles. The van der Waals surface area contributed by atoms with E-state index in [0.29, 0.717) is 19.5 Å². The largest absolute Gasteiger partial charge is 0.481 e. The molecule has 0 amide bonds. The summed E-state index contributed by atoms with van der Waals surface area (Å²) in [5, 5.41) is 18.2. The van der Waals surface area contributed by atoms with Crippen molar-refractivity contribution in [3.8, 4) is 0 Å². The van der Waals surface area contributed by atoms with E-state index in [1.54, 1.807) is 7.11 Å². The Morgan fingerprint density at radius 1 is 1.26 bits per heavy atom. The molecule has 1 saturated heterocycles. The molecule has 6 nitrogen and oxygen atoms in total. The van der Waals surface area contributed by atoms with Gasteiger partial charge in [-0.3, -0.25) is 9.59 Å². The molecule has 0 bridgehead atoms. The lowest BCUT2D eigenvalue weighted by molar-refractivity contribution is -0.157. The minimum atomic E-state index is -1.02. The molecule has 1 heterocycles. The summed E-state index contributed by atoms with van der Waals surface area (Å²) in [5.74, 6) is -3.63. The summed E-state index contributed by atoms with van der Waals surface area (Å²) < 4.78 is 5.33. The van der Waals surface area contributed by atoms with Crippen molar-refractivity contribution in [1.29, 1.82) is 0 Å². The first-order chi connectivity index (χ1) is 8.76. The number of rotatable bonds is 6. The summed E-state index contributed by atoms with van der Waals surface area (Å²) in [6, 6.07) is 0. The Labute approximate surface area is 113 Å². The van der Waals surface area contributed by atoms with Crippen LogP contribution in [-0.2, 0) is 14.3 Å². The molecule has 0 saturated carbocycles. The van der Waals surface area contributed by atoms with Gasteiger partial charge in [0.15, 0.2) is 0 Å². The number of aliphatic carboxylic acids is 2. The topological polar surface area (TPSA) is 87.1 Å². The van der Waals surface area contributed by atoms with Gasteiger partial charge in [-0.05, 0) is 33.2 Å². The maximum Gasteiger partial charge on any atom is 0.308 e. The number of carbonyl (C=O) groups is 2. The summed E-state index contributed by atoms with van der Waals surface area (Å²) >= 11 is 0. The van der Waals surface area contributed by atoms with E-state index in [1.165, 1.54) is 0 Å². The van der Waals surface area contributed by atoms with Gasteiger partial charge in [-0.15, -0.1) is 0 Å². The maximum absolute atomic E-state index is 11.2. The van der Waals surface area contributed by atoms with Gasteiger partial charge in [0, 0.05) is 20.2 Å². The van der Waals surface area contributed by atoms with Crippen molar-refractivity contribution in [3.05, 3.63) is 0 Å². The van der Waals surface area contributed by atoms with E-state index in [4.69, 9.17) is 14.9 Å². The van der Waals surface area contributed by atoms with E-state index < -0.39 is 23.8 Å². The molecule has 2 unspecified atom stereocenters. The lowest BCUT2D eigenvalue weighted by Crippen LogP contribution is -2.47. The van der Waals surface area contributed by atoms with Crippen molar-refractivity contribution in [2.45, 2.75) is 32.3 Å². The molecule has 1 fully saturated rings. The number of likely N-dealkylation sites (tertiary alicyclic amines) is 1. The minimum absolute atomic E-state index is 0.248. The van der Waals surface area contributed by atoms with Crippen molar-refractivity contribution in [3.63, 3.8) is 0 Å². The SMILES string of the molecule is COC(C)(C)CCN1CCC(C(=O)O)C(C(=O)O)C1. The highest BCUT2D eigenvalue weighted by Gasteiger charge is 2.38. The highest BCUT2D eigenvalue weighted by Crippen LogP contribution is 2.25. The maximum atomic E-state index is 11.2. The monoisotopic (exact) mass is 273 g/mol. The van der Waals surface area contributed by atoms with Crippen molar-refractivity contribution >= 4 is 11.9 Å². The predicted octanol–water partition coefficient (Wildman–Crippen LogP) is 0.909. The minimum Gasteiger partial charge on any atom is -0.481 e. The van der Waals surface area contributed by atoms with Gasteiger partial charge in [-0.1, -0.05) is 0 Å². The van der Waals surface area contributed by atoms with Gasteiger partial charge in [-0.2, -0.15) is 0 Å². The van der Waals surface area contributed by atoms with Crippen molar-refractivity contribution in [2.24, 2.45) is 11.8 Å². The number of piperidine rings is 1. The first-order valence-corrected chi connectivity index (χ1v) is 6.50. The summed E-state index contributed by atoms with van der Waals surface area (Å²) in [7, 11) is 1.65. The third-order valence-electron chi connectivity index (χ3n) is 3.91. The Balaban J connectivity index is 2.57. The smallest absolute Gasteiger partial charge is 0.308 e. The van der Waals surface area contributed by atoms with E-state index in [-0.39, 0.29) is 5.60 Å². The number of hydrogen-bond acceptors (Lipinski definition) is 4. The number of ether oxygens (including phenoxy) is 1. The highest BCUT2D eigenvalue weighted by atomic mass is 16.5. The molecular weight excluding hydrogens is 250 g/mol. The quantitative estimate of drug-likeness (QED) is 0.748. The summed E-state index contributed by atoms with van der Waals surface area (Å²) in [5.41, 5.74) is -0.248. The molecule has 6 heteroatoms. The van der Waals surface area contributed by atoms with E-state index in [2.05, 4.69) is 0 Å². The number of carboxylic acid groups (broad SMARTS) is 2. The molecule has 1 rings (SSSR count). The van der Waals surface area contributed by atoms with Crippen LogP contribution in [0.1, 0.15) is 26.7 Å². The molecule has 110 valence electrons. The lowest BCUT2D eigenvalue weighted by atomic mass is 9.85. The van der Waals surface area contributed by atoms with E-state index in [9.17, 15) is 9.59 Å². The second kappa shape index (κ2) is 6.34. The zero-order valence-electron chi connectivity index (χ0n) is 11.8. The van der Waals surface area contributed by atoms with Gasteiger partial charge >= 0.3 is 11.9 Å². The normalized spacial score (nSPS) is 25.2. The van der Waals surface area contributed by atoms with Gasteiger partial charge in [0.25, 0.3) is 0 Å². The van der Waals surface area contributed by atoms with Crippen LogP contribution in [0.2, 0.25) is 0 Å². The van der Waals surface area contributed by atoms with Crippen LogP contribution in [0.25, 0.3) is 0 Å². The van der Waals surface area contributed by atoms with Crippen LogP contribution >= 0.6 is 0 Å². The Morgan fingerprint density at radius 2 is 1.84 bits per heavy atom. The molecule has 0 aliphatic carbocycles. The van der Waals surface area contributed by atoms with E-state index in [1.807, 2.05) is 18.7 Å². The second-order valence-electron chi connectivity index (χ2n) is 5.69. The molecule has 0 aromatic rings. The van der Waals surface area contributed by atoms with Gasteiger partial charge in [0.05, 0.1) is 17.4 Å². The zero-order valence-corrected chi connectivity index (χ0v) is 11.8. The fraction of sp³-hybridized carbons (Fsp3) is 0.846. The summed E-state index contributed by atoms with van der Waals surface area (Å²) in [4.78, 5) is 24.2. The average Bonchev–Trinajstić information content (AvgIpc) is 2.36. The number of methoxy groups -OCH3 is 1. The first kappa shape index (κ1) is 15.9. The summed E-state index contributed by atoms with van der Waals surface area (Å²) in [6.45, 7) is 5.60. The van der Waals surface area contributed by atoms with Gasteiger partial charge < -0.3 is 19.8 Å². The fourth-order valence-electron chi connectivity index (χ4n) is 2.30. The molecule has 0 radical (unpaired) electrons. The number of hydrogen-bond donors (Lipinski definition) is 2. The van der Waals surface area contributed by atoms with E-state index in [0.717, 1.165) is 13.0 Å². The Bertz CT molecular complexity index is 342. The van der Waals surface area contributed by atoms with Crippen molar-refractivity contribution < 1.29 is 24.5 Å². The van der Waals surface area contributed by atoms with E-state index >= 15 is 0 Å². The molecule has 0 aromatic heterocycles. The van der Waals surface area contributed by atoms with Crippen molar-refractivity contribution in [2.75, 3.05) is 26.7 Å². The average molecular weight is 273 g/mol. The lowest BCUT2D eigenvalue weighted by Gasteiger charge is -2.36. The second-order valence-corrected chi connectivity index (χ2v) is 5.69. The van der Waals surface area contributed by atoms with Crippen LogP contribution in [0.3, 0.4) is 0 Å². The number of nitrogens with zero attached hydrogens (tertiary/aromatic N) is 1. The Hall–Kier alpha value is -1.14. The van der Waals surface area contributed by atoms with Crippen LogP contribution in [0.4, 0.5) is 0 Å². The number of carboxylic acids is 2. The fourth-order valence-corrected chi connectivity index (χ4v) is 2.30. The summed E-state index contributed by atoms with van der Waals surface area (Å²) in [6.07, 6.45) is 1.17. The molecule has 2 N–H and O–H groups in total. The molecule has 1 aliphatic rings. The van der Waals surface area contributed by atoms with Gasteiger partial charge in [0.1, 0.15) is 0 Å². The van der Waals surface area contributed by atoms with Crippen LogP contribution in [-0.4, -0.2) is 59.4 Å². The Kier molecular flexibility index (Phi) is 5.31. The van der Waals surface area contributed by atoms with Gasteiger partial charge in [-0.25, -0.2) is 0 Å².